The summed E-state index contributed by atoms with van der Waals surface area (Å²) >= 11 is 0. The molecule has 0 unspecified atom stereocenters. The van der Waals surface area contributed by atoms with Crippen molar-refractivity contribution in [3.05, 3.63) is 47.1 Å². The van der Waals surface area contributed by atoms with Crippen LogP contribution in [0.2, 0.25) is 0 Å². The van der Waals surface area contributed by atoms with E-state index in [2.05, 4.69) is 26.5 Å². The molecule has 1 aliphatic carbocycles. The fraction of sp³-hybridized carbons (Fsp3) is 0.500. The zero-order valence-corrected chi connectivity index (χ0v) is 14.0. The highest BCUT2D eigenvalue weighted by Crippen LogP contribution is 2.46. The molecule has 0 aromatic heterocycles. The maximum Gasteiger partial charge on any atom is 0.123 e. The lowest BCUT2D eigenvalue weighted by Crippen LogP contribution is -2.17. The van der Waals surface area contributed by atoms with Crippen LogP contribution in [0.3, 0.4) is 0 Å². The highest BCUT2D eigenvalue weighted by molar-refractivity contribution is 5.51. The Morgan fingerprint density at radius 3 is 2.45 bits per heavy atom. The molecule has 0 saturated heterocycles. The third-order valence-corrected chi connectivity index (χ3v) is 4.73. The van der Waals surface area contributed by atoms with Crippen molar-refractivity contribution in [3.8, 4) is 11.5 Å². The van der Waals surface area contributed by atoms with Crippen LogP contribution in [-0.4, -0.2) is 10.2 Å². The number of rotatable bonds is 5. The van der Waals surface area contributed by atoms with Gasteiger partial charge in [-0.1, -0.05) is 37.1 Å². The van der Waals surface area contributed by atoms with E-state index in [1.54, 1.807) is 0 Å². The van der Waals surface area contributed by atoms with Crippen LogP contribution < -0.4 is 0 Å². The van der Waals surface area contributed by atoms with Crippen LogP contribution in [-0.2, 0) is 6.42 Å². The lowest BCUT2D eigenvalue weighted by atomic mass is 9.73. The van der Waals surface area contributed by atoms with E-state index in [0.717, 1.165) is 43.2 Å². The van der Waals surface area contributed by atoms with E-state index in [1.807, 2.05) is 19.1 Å². The van der Waals surface area contributed by atoms with Crippen molar-refractivity contribution in [3.63, 3.8) is 0 Å². The second-order valence-electron chi connectivity index (χ2n) is 6.68. The van der Waals surface area contributed by atoms with E-state index >= 15 is 0 Å². The van der Waals surface area contributed by atoms with Gasteiger partial charge in [0.05, 0.1) is 0 Å². The Morgan fingerprint density at radius 2 is 1.91 bits per heavy atom. The fourth-order valence-electron chi connectivity index (χ4n) is 3.45. The van der Waals surface area contributed by atoms with Gasteiger partial charge in [-0.15, -0.1) is 0 Å². The minimum Gasteiger partial charge on any atom is -0.507 e. The number of unbranched alkanes of at least 4 members (excludes halogenated alkanes) is 1. The van der Waals surface area contributed by atoms with E-state index in [9.17, 15) is 10.2 Å². The molecule has 2 heteroatoms. The summed E-state index contributed by atoms with van der Waals surface area (Å²) in [4.78, 5) is 0. The molecule has 1 aromatic carbocycles. The van der Waals surface area contributed by atoms with Crippen LogP contribution in [0.5, 0.6) is 11.5 Å². The predicted octanol–water partition coefficient (Wildman–Crippen LogP) is 5.46. The molecule has 0 heterocycles. The van der Waals surface area contributed by atoms with Gasteiger partial charge in [0.1, 0.15) is 11.5 Å². The molecule has 0 saturated carbocycles. The molecule has 0 bridgehead atoms. The Balaban J connectivity index is 2.41. The summed E-state index contributed by atoms with van der Waals surface area (Å²) in [7, 11) is 0. The Hall–Kier alpha value is -1.70. The Labute approximate surface area is 134 Å². The highest BCUT2D eigenvalue weighted by Gasteiger charge is 2.29. The number of benzene rings is 1. The van der Waals surface area contributed by atoms with Crippen LogP contribution >= 0.6 is 0 Å². The monoisotopic (exact) mass is 300 g/mol. The molecule has 0 fully saturated rings. The molecule has 2 nitrogen and oxygen atoms in total. The number of allylic oxidation sites excluding steroid dienone is 3. The van der Waals surface area contributed by atoms with Gasteiger partial charge in [0.2, 0.25) is 0 Å². The topological polar surface area (TPSA) is 40.5 Å². The Kier molecular flexibility index (Phi) is 5.33. The lowest BCUT2D eigenvalue weighted by molar-refractivity contribution is 0.406. The molecular formula is C20H28O2. The average Bonchev–Trinajstić information content (AvgIpc) is 2.44. The fourth-order valence-corrected chi connectivity index (χ4v) is 3.45. The van der Waals surface area contributed by atoms with Crippen molar-refractivity contribution in [2.24, 2.45) is 5.92 Å². The molecular weight excluding hydrogens is 272 g/mol. The second-order valence-corrected chi connectivity index (χ2v) is 6.68. The zero-order chi connectivity index (χ0) is 16.3. The molecule has 22 heavy (non-hydrogen) atoms. The molecule has 0 radical (unpaired) electrons. The van der Waals surface area contributed by atoms with E-state index in [-0.39, 0.29) is 23.3 Å². The molecule has 1 aliphatic rings. The number of phenolic OH excluding ortho intramolecular Hbond substituents is 2. The van der Waals surface area contributed by atoms with Gasteiger partial charge < -0.3 is 10.2 Å². The molecule has 2 atom stereocenters. The van der Waals surface area contributed by atoms with Crippen molar-refractivity contribution >= 4 is 0 Å². The van der Waals surface area contributed by atoms with Gasteiger partial charge in [-0.2, -0.15) is 0 Å². The van der Waals surface area contributed by atoms with Crippen LogP contribution in [0.15, 0.2) is 35.9 Å². The van der Waals surface area contributed by atoms with Gasteiger partial charge in [-0.3, -0.25) is 0 Å². The lowest BCUT2D eigenvalue weighted by Gasteiger charge is -2.31. The molecule has 0 spiro atoms. The van der Waals surface area contributed by atoms with Crippen molar-refractivity contribution < 1.29 is 10.2 Å². The van der Waals surface area contributed by atoms with E-state index in [4.69, 9.17) is 0 Å². The maximum absolute atomic E-state index is 10.5. The summed E-state index contributed by atoms with van der Waals surface area (Å²) in [6.07, 6.45) is 7.33. The number of phenols is 2. The minimum absolute atomic E-state index is 0.0199. The van der Waals surface area contributed by atoms with E-state index in [0.29, 0.717) is 5.56 Å². The molecule has 0 aliphatic heterocycles. The van der Waals surface area contributed by atoms with Crippen molar-refractivity contribution in [1.29, 1.82) is 0 Å². The molecule has 1 aromatic rings. The summed E-state index contributed by atoms with van der Waals surface area (Å²) in [6.45, 7) is 10.4. The molecule has 2 rings (SSSR count). The maximum atomic E-state index is 10.5. The standard InChI is InChI=1S/C20H28O2/c1-5-6-7-15-11-18(21)20(19(22)12-15)17-10-14(4)8-9-16(17)13(2)3/h10-12,16-17,21-22H,2,5-9H2,1,3-4H3/t16-,17+/m0/s1. The van der Waals surface area contributed by atoms with Crippen LogP contribution in [0.25, 0.3) is 0 Å². The first-order chi connectivity index (χ1) is 10.4. The van der Waals surface area contributed by atoms with Crippen LogP contribution in [0.4, 0.5) is 0 Å². The van der Waals surface area contributed by atoms with Gasteiger partial charge in [0, 0.05) is 11.5 Å². The average molecular weight is 300 g/mol. The third-order valence-electron chi connectivity index (χ3n) is 4.73. The van der Waals surface area contributed by atoms with Crippen molar-refractivity contribution in [2.45, 2.75) is 58.8 Å². The largest absolute Gasteiger partial charge is 0.507 e. The normalized spacial score (nSPS) is 21.5. The van der Waals surface area contributed by atoms with Gasteiger partial charge >= 0.3 is 0 Å². The van der Waals surface area contributed by atoms with Gasteiger partial charge in [0.25, 0.3) is 0 Å². The van der Waals surface area contributed by atoms with Crippen LogP contribution in [0, 0.1) is 5.92 Å². The highest BCUT2D eigenvalue weighted by atomic mass is 16.3. The minimum atomic E-state index is 0.0199. The summed E-state index contributed by atoms with van der Waals surface area (Å²) in [6, 6.07) is 3.63. The first-order valence-electron chi connectivity index (χ1n) is 8.31. The number of aryl methyl sites for hydroxylation is 1. The molecule has 120 valence electrons. The third kappa shape index (κ3) is 3.55. The second kappa shape index (κ2) is 7.04. The zero-order valence-electron chi connectivity index (χ0n) is 14.0. The quantitative estimate of drug-likeness (QED) is 0.709. The number of hydrogen-bond donors (Lipinski definition) is 2. The van der Waals surface area contributed by atoms with Crippen molar-refractivity contribution in [2.75, 3.05) is 0 Å². The van der Waals surface area contributed by atoms with Crippen molar-refractivity contribution in [1.82, 2.24) is 0 Å². The summed E-state index contributed by atoms with van der Waals surface area (Å²) in [5.41, 5.74) is 4.09. The predicted molar refractivity (Wildman–Crippen MR) is 92.4 cm³/mol. The molecule has 0 amide bonds. The van der Waals surface area contributed by atoms with Gasteiger partial charge in [-0.05, 0) is 63.1 Å². The summed E-state index contributed by atoms with van der Waals surface area (Å²) < 4.78 is 0. The SMILES string of the molecule is C=C(C)[C@@H]1CCC(C)=C[C@H]1c1c(O)cc(CCCC)cc1O. The number of aromatic hydroxyl groups is 2. The first kappa shape index (κ1) is 16.7. The number of hydrogen-bond acceptors (Lipinski definition) is 2. The van der Waals surface area contributed by atoms with E-state index < -0.39 is 0 Å². The Morgan fingerprint density at radius 1 is 1.27 bits per heavy atom. The van der Waals surface area contributed by atoms with Gasteiger partial charge in [0.15, 0.2) is 0 Å². The van der Waals surface area contributed by atoms with E-state index in [1.165, 1.54) is 5.57 Å². The Bertz CT molecular complexity index is 560. The van der Waals surface area contributed by atoms with Crippen LogP contribution in [0.1, 0.15) is 63.5 Å². The summed E-state index contributed by atoms with van der Waals surface area (Å²) in [5.74, 6) is 0.732. The van der Waals surface area contributed by atoms with Gasteiger partial charge in [-0.25, -0.2) is 0 Å². The smallest absolute Gasteiger partial charge is 0.123 e. The molecule has 2 N–H and O–H groups in total. The first-order valence-corrected chi connectivity index (χ1v) is 8.31. The summed E-state index contributed by atoms with van der Waals surface area (Å²) in [5, 5.41) is 21.0.